The van der Waals surface area contributed by atoms with Crippen LogP contribution >= 0.6 is 0 Å². The van der Waals surface area contributed by atoms with Gasteiger partial charge < -0.3 is 44.1 Å². The standard InChI is InChI=1S/C23H28O13S/c1-20-9-22(37(29,30)31)13-7-23(20,34-18-16(27)15(26)14(25)12(8-24)33-18)21(13,19(35-20)36-22)10-32-17(28)11-5-3-2-4-6-11/h2-6,12-16,18-19,24-27H,7-10H2,1H3,(H,29,30,31)/t12-,13-,14-,15+,16-,18+,19+,20+,21+,22+,23-/m1/s1. The van der Waals surface area contributed by atoms with Crippen LogP contribution in [0.15, 0.2) is 30.3 Å². The third kappa shape index (κ3) is 2.99. The number of carbonyl (C=O) groups is 1. The van der Waals surface area contributed by atoms with Gasteiger partial charge in [0.1, 0.15) is 42.2 Å². The molecule has 0 radical (unpaired) electrons. The van der Waals surface area contributed by atoms with Gasteiger partial charge in [-0.15, -0.1) is 0 Å². The molecular formula is C23H28O13S. The fraction of sp³-hybridized carbons (Fsp3) is 0.696. The van der Waals surface area contributed by atoms with E-state index in [9.17, 15) is 38.2 Å². The third-order valence-corrected chi connectivity index (χ3v) is 10.4. The Labute approximate surface area is 211 Å². The predicted octanol–water partition coefficient (Wildman–Crippen LogP) is -1.46. The molecule has 204 valence electrons. The Morgan fingerprint density at radius 1 is 1.11 bits per heavy atom. The minimum absolute atomic E-state index is 0.0301. The van der Waals surface area contributed by atoms with Crippen LogP contribution in [0.3, 0.4) is 0 Å². The van der Waals surface area contributed by atoms with Crippen molar-refractivity contribution in [1.82, 2.24) is 0 Å². The summed E-state index contributed by atoms with van der Waals surface area (Å²) in [4.78, 5) is 10.8. The number of carbonyl (C=O) groups excluding carboxylic acids is 1. The highest BCUT2D eigenvalue weighted by Gasteiger charge is 2.96. The van der Waals surface area contributed by atoms with Crippen molar-refractivity contribution >= 4 is 16.1 Å². The highest BCUT2D eigenvalue weighted by Crippen LogP contribution is 2.83. The molecule has 4 heterocycles. The Hall–Kier alpha value is -1.72. The van der Waals surface area contributed by atoms with Gasteiger partial charge in [-0.1, -0.05) is 18.2 Å². The highest BCUT2D eigenvalue weighted by atomic mass is 32.2. The molecule has 4 saturated heterocycles. The van der Waals surface area contributed by atoms with Crippen molar-refractivity contribution in [3.05, 3.63) is 35.9 Å². The van der Waals surface area contributed by atoms with E-state index in [1.807, 2.05) is 0 Å². The zero-order valence-corrected chi connectivity index (χ0v) is 20.5. The topological polar surface area (TPSA) is 199 Å². The van der Waals surface area contributed by atoms with Crippen molar-refractivity contribution in [3.8, 4) is 0 Å². The highest BCUT2D eigenvalue weighted by molar-refractivity contribution is 7.87. The molecule has 3 aliphatic carbocycles. The summed E-state index contributed by atoms with van der Waals surface area (Å²) in [5, 5.41) is 40.6. The summed E-state index contributed by atoms with van der Waals surface area (Å²) in [6.07, 6.45) is -9.44. The normalized spacial score (nSPS) is 49.6. The largest absolute Gasteiger partial charge is 0.461 e. The quantitative estimate of drug-likeness (QED) is 0.197. The van der Waals surface area contributed by atoms with Gasteiger partial charge in [-0.25, -0.2) is 4.79 Å². The zero-order valence-electron chi connectivity index (χ0n) is 19.7. The summed E-state index contributed by atoms with van der Waals surface area (Å²) in [5.74, 6) is -1.58. The van der Waals surface area contributed by atoms with Crippen molar-refractivity contribution in [1.29, 1.82) is 0 Å². The molecule has 0 unspecified atom stereocenters. The van der Waals surface area contributed by atoms with Crippen LogP contribution in [0, 0.1) is 11.3 Å². The zero-order chi connectivity index (χ0) is 26.6. The van der Waals surface area contributed by atoms with Crippen LogP contribution in [0.1, 0.15) is 30.1 Å². The van der Waals surface area contributed by atoms with Crippen LogP contribution in [-0.4, -0.2) is 106 Å². The van der Waals surface area contributed by atoms with E-state index in [-0.39, 0.29) is 18.4 Å². The number of hydrogen-bond acceptors (Lipinski definition) is 12. The molecular weight excluding hydrogens is 516 g/mol. The van der Waals surface area contributed by atoms with Gasteiger partial charge in [0.15, 0.2) is 12.6 Å². The number of benzene rings is 1. The van der Waals surface area contributed by atoms with Gasteiger partial charge in [0.05, 0.1) is 17.6 Å². The molecule has 7 aliphatic rings. The fourth-order valence-corrected chi connectivity index (χ4v) is 8.49. The SMILES string of the molecule is C[C@@]12C[C@@]3(S(=O)(=O)O)O[C@H](O1)[C@]1(COC(=O)c4ccccc4)[C@H]3C[C@]12O[C@@H]1O[C@H](CO)[C@@H](O)[C@H](O)[C@H]1O. The molecule has 1 aromatic carbocycles. The van der Waals surface area contributed by atoms with Crippen molar-refractivity contribution < 1.29 is 61.9 Å². The van der Waals surface area contributed by atoms with Crippen molar-refractivity contribution in [2.75, 3.05) is 13.2 Å². The lowest BCUT2D eigenvalue weighted by Gasteiger charge is -2.68. The summed E-state index contributed by atoms with van der Waals surface area (Å²) in [6, 6.07) is 8.13. The molecule has 11 atom stereocenters. The van der Waals surface area contributed by atoms with Crippen LogP contribution in [-0.2, 0) is 33.8 Å². The van der Waals surface area contributed by atoms with Gasteiger partial charge in [0.2, 0.25) is 4.93 Å². The molecule has 4 aliphatic heterocycles. The molecule has 6 bridgehead atoms. The first-order chi connectivity index (χ1) is 17.4. The number of rotatable bonds is 7. The first-order valence-corrected chi connectivity index (χ1v) is 13.3. The Balaban J connectivity index is 1.38. The lowest BCUT2D eigenvalue weighted by atomic mass is 9.41. The van der Waals surface area contributed by atoms with Gasteiger partial charge in [-0.2, -0.15) is 8.42 Å². The number of hydrogen-bond donors (Lipinski definition) is 5. The van der Waals surface area contributed by atoms with E-state index < -0.39 is 93.8 Å². The molecule has 3 saturated carbocycles. The van der Waals surface area contributed by atoms with Crippen LogP contribution in [0.4, 0.5) is 0 Å². The second-order valence-electron chi connectivity index (χ2n) is 10.6. The lowest BCUT2D eigenvalue weighted by Crippen LogP contribution is -2.81. The third-order valence-electron chi connectivity index (χ3n) is 8.98. The summed E-state index contributed by atoms with van der Waals surface area (Å²) < 4.78 is 64.8. The van der Waals surface area contributed by atoms with Crippen LogP contribution in [0.25, 0.3) is 0 Å². The number of ether oxygens (including phenoxy) is 5. The fourth-order valence-electron chi connectivity index (χ4n) is 7.17. The van der Waals surface area contributed by atoms with E-state index in [2.05, 4.69) is 0 Å². The molecule has 0 spiro atoms. The lowest BCUT2D eigenvalue weighted by molar-refractivity contribution is -0.393. The molecule has 14 heteroatoms. The van der Waals surface area contributed by atoms with E-state index in [0.29, 0.717) is 0 Å². The molecule has 7 fully saturated rings. The van der Waals surface area contributed by atoms with Crippen molar-refractivity contribution in [3.63, 3.8) is 0 Å². The minimum atomic E-state index is -4.76. The maximum Gasteiger partial charge on any atom is 0.338 e. The van der Waals surface area contributed by atoms with Gasteiger partial charge in [-0.05, 0) is 25.5 Å². The van der Waals surface area contributed by atoms with E-state index in [1.165, 1.54) is 0 Å². The number of esters is 1. The maximum absolute atomic E-state index is 12.8. The molecule has 5 N–H and O–H groups in total. The molecule has 13 nitrogen and oxygen atoms in total. The Kier molecular flexibility index (Phi) is 5.46. The number of aliphatic hydroxyl groups is 4. The van der Waals surface area contributed by atoms with Crippen molar-refractivity contribution in [2.45, 2.75) is 72.9 Å². The molecule has 0 amide bonds. The minimum Gasteiger partial charge on any atom is -0.461 e. The van der Waals surface area contributed by atoms with Gasteiger partial charge in [0.25, 0.3) is 10.1 Å². The van der Waals surface area contributed by atoms with Crippen molar-refractivity contribution in [2.24, 2.45) is 11.3 Å². The predicted molar refractivity (Wildman–Crippen MR) is 118 cm³/mol. The first kappa shape index (κ1) is 25.6. The molecule has 1 aromatic rings. The second-order valence-corrected chi connectivity index (χ2v) is 12.3. The Morgan fingerprint density at radius 2 is 1.81 bits per heavy atom. The average molecular weight is 545 g/mol. The Morgan fingerprint density at radius 3 is 2.46 bits per heavy atom. The van der Waals surface area contributed by atoms with E-state index in [4.69, 9.17) is 23.7 Å². The first-order valence-electron chi connectivity index (χ1n) is 11.9. The number of aliphatic hydroxyl groups excluding tert-OH is 4. The van der Waals surface area contributed by atoms with Gasteiger partial charge in [0, 0.05) is 12.3 Å². The van der Waals surface area contributed by atoms with Crippen LogP contribution in [0.5, 0.6) is 0 Å². The monoisotopic (exact) mass is 544 g/mol. The Bertz CT molecular complexity index is 1210. The summed E-state index contributed by atoms with van der Waals surface area (Å²) in [5.41, 5.74) is -4.01. The summed E-state index contributed by atoms with van der Waals surface area (Å²) >= 11 is 0. The molecule has 37 heavy (non-hydrogen) atoms. The van der Waals surface area contributed by atoms with Crippen LogP contribution in [0.2, 0.25) is 0 Å². The molecule has 0 aromatic heterocycles. The molecule has 8 rings (SSSR count). The smallest absolute Gasteiger partial charge is 0.338 e. The maximum atomic E-state index is 12.8. The van der Waals surface area contributed by atoms with Gasteiger partial charge in [-0.3, -0.25) is 4.55 Å². The summed E-state index contributed by atoms with van der Waals surface area (Å²) in [7, 11) is -4.76. The van der Waals surface area contributed by atoms with E-state index >= 15 is 0 Å². The van der Waals surface area contributed by atoms with E-state index in [1.54, 1.807) is 37.3 Å². The van der Waals surface area contributed by atoms with Gasteiger partial charge >= 0.3 is 5.97 Å². The van der Waals surface area contributed by atoms with E-state index in [0.717, 1.165) is 0 Å². The summed E-state index contributed by atoms with van der Waals surface area (Å²) in [6.45, 7) is 0.495. The van der Waals surface area contributed by atoms with Crippen LogP contribution < -0.4 is 0 Å². The average Bonchev–Trinajstić information content (AvgIpc) is 3.07. The second kappa shape index (κ2) is 7.91.